The van der Waals surface area contributed by atoms with E-state index in [9.17, 15) is 19.2 Å². The summed E-state index contributed by atoms with van der Waals surface area (Å²) in [5, 5.41) is 7.64. The number of esters is 1. The van der Waals surface area contributed by atoms with Crippen molar-refractivity contribution >= 4 is 67.8 Å². The Kier molecular flexibility index (Phi) is 12.0. The smallest absolute Gasteiger partial charge is 0.359 e. The van der Waals surface area contributed by atoms with Gasteiger partial charge in [-0.05, 0) is 11.6 Å². The minimum Gasteiger partial charge on any atom is -0.748 e. The van der Waals surface area contributed by atoms with Crippen LogP contribution in [0.1, 0.15) is 16.1 Å². The molecular weight excluding hydrogens is 655 g/mol. The number of rotatable bonds is 10. The van der Waals surface area contributed by atoms with E-state index in [1.54, 1.807) is 48.6 Å². The molecule has 3 N–H and O–H groups in total. The SMILES string of the molecule is COCC1=C(C(=O)OC[n+]2cccc(C(=O)N(C)C)c2)N2C(=O)[C@@H](NC(=O)/C(=N/OC)c3csc(N)n3)[C@H]2SC1.CS(=O)(=O)[O-]. The summed E-state index contributed by atoms with van der Waals surface area (Å²) < 4.78 is 39.6. The predicted molar refractivity (Wildman–Crippen MR) is 160 cm³/mol. The molecule has 2 aromatic rings. The van der Waals surface area contributed by atoms with Crippen molar-refractivity contribution in [3.63, 3.8) is 0 Å². The summed E-state index contributed by atoms with van der Waals surface area (Å²) in [6.45, 7) is -0.0778. The van der Waals surface area contributed by atoms with Crippen LogP contribution < -0.4 is 15.6 Å². The summed E-state index contributed by atoms with van der Waals surface area (Å²) in [4.78, 5) is 63.3. The Balaban J connectivity index is 0.00000102. The maximum atomic E-state index is 13.3. The number of amides is 3. The largest absolute Gasteiger partial charge is 0.748 e. The second-order valence-electron chi connectivity index (χ2n) is 9.51. The van der Waals surface area contributed by atoms with Gasteiger partial charge in [0.05, 0.1) is 16.7 Å². The van der Waals surface area contributed by atoms with Gasteiger partial charge in [0.2, 0.25) is 0 Å². The molecule has 20 heteroatoms. The van der Waals surface area contributed by atoms with Crippen molar-refractivity contribution in [3.8, 4) is 0 Å². The molecule has 0 aromatic carbocycles. The number of nitrogens with two attached hydrogens (primary N) is 1. The van der Waals surface area contributed by atoms with Crippen LogP contribution in [0.5, 0.6) is 0 Å². The molecule has 45 heavy (non-hydrogen) atoms. The van der Waals surface area contributed by atoms with E-state index in [0.717, 1.165) is 11.3 Å². The van der Waals surface area contributed by atoms with Crippen molar-refractivity contribution in [2.24, 2.45) is 5.16 Å². The van der Waals surface area contributed by atoms with Crippen LogP contribution in [0.15, 0.2) is 46.3 Å². The molecule has 2 atom stereocenters. The predicted octanol–water partition coefficient (Wildman–Crippen LogP) is -1.27. The van der Waals surface area contributed by atoms with Crippen LogP contribution in [0.3, 0.4) is 0 Å². The third-order valence-corrected chi connectivity index (χ3v) is 7.88. The van der Waals surface area contributed by atoms with E-state index in [0.29, 0.717) is 23.1 Å². The van der Waals surface area contributed by atoms with Gasteiger partial charge in [-0.1, -0.05) is 5.16 Å². The number of nitrogen functional groups attached to an aromatic ring is 1. The van der Waals surface area contributed by atoms with Gasteiger partial charge in [-0.15, -0.1) is 23.1 Å². The molecule has 244 valence electrons. The van der Waals surface area contributed by atoms with E-state index < -0.39 is 39.3 Å². The molecule has 4 rings (SSSR count). The lowest BCUT2D eigenvalue weighted by molar-refractivity contribution is -0.727. The molecule has 1 saturated heterocycles. The quantitative estimate of drug-likeness (QED) is 0.0744. The number of carbonyl (C=O) groups excluding carboxylic acids is 4. The van der Waals surface area contributed by atoms with Crippen molar-refractivity contribution in [1.82, 2.24) is 20.1 Å². The number of methoxy groups -OCH3 is 1. The zero-order chi connectivity index (χ0) is 33.5. The monoisotopic (exact) mass is 685 g/mol. The van der Waals surface area contributed by atoms with Crippen LogP contribution in [0.4, 0.5) is 5.13 Å². The van der Waals surface area contributed by atoms with Crippen molar-refractivity contribution in [2.75, 3.05) is 52.7 Å². The normalized spacial score (nSPS) is 17.8. The first-order chi connectivity index (χ1) is 21.2. The summed E-state index contributed by atoms with van der Waals surface area (Å²) in [5.41, 5.74) is 6.82. The zero-order valence-corrected chi connectivity index (χ0v) is 27.2. The number of thiazole rings is 1. The second-order valence-corrected chi connectivity index (χ2v) is 12.9. The fraction of sp³-hybridized carbons (Fsp3) is 0.400. The third kappa shape index (κ3) is 9.20. The maximum Gasteiger partial charge on any atom is 0.359 e. The minimum absolute atomic E-state index is 0.0697. The summed E-state index contributed by atoms with van der Waals surface area (Å²) >= 11 is 2.51. The lowest BCUT2D eigenvalue weighted by Crippen LogP contribution is -2.71. The number of pyridine rings is 1. The van der Waals surface area contributed by atoms with Crippen molar-refractivity contribution in [2.45, 2.75) is 18.1 Å². The number of thioether (sulfide) groups is 1. The molecule has 0 spiro atoms. The Bertz CT molecular complexity index is 1620. The average molecular weight is 686 g/mol. The van der Waals surface area contributed by atoms with Crippen LogP contribution in [-0.2, 0) is 45.5 Å². The molecule has 17 nitrogen and oxygen atoms in total. The Morgan fingerprint density at radius 2 is 2.00 bits per heavy atom. The number of anilines is 1. The lowest BCUT2D eigenvalue weighted by atomic mass is 10.0. The molecule has 0 saturated carbocycles. The number of β-lactam (4-membered cyclic amide) rings is 1. The molecule has 1 fully saturated rings. The van der Waals surface area contributed by atoms with Crippen molar-refractivity contribution < 1.29 is 51.0 Å². The standard InChI is InChI=1S/C24H27N7O7S2.CH4O3S/c1-29(2)20(33)13-6-5-7-30(8-13)12-38-23(35)18-14(9-36-3)10-39-22-17(21(34)31(18)22)27-19(32)16(28-37-4)15-11-40-24(25)26-15;1-5(2,3)4/h5-8,11,17,22H,9-10,12H2,1-4H3,(H2-,25,26,27,32);1H3,(H,2,3,4)/b28-16+;/t17-,22-;/m1./s1. The van der Waals surface area contributed by atoms with E-state index >= 15 is 0 Å². The number of fused-ring (bicyclic) bond motifs is 1. The number of ether oxygens (including phenoxy) is 2. The topological polar surface area (TPSA) is 227 Å². The molecule has 4 heterocycles. The van der Waals surface area contributed by atoms with Gasteiger partial charge in [0.25, 0.3) is 24.5 Å². The van der Waals surface area contributed by atoms with E-state index in [1.165, 1.54) is 35.8 Å². The van der Waals surface area contributed by atoms with Crippen molar-refractivity contribution in [1.29, 1.82) is 0 Å². The average Bonchev–Trinajstić information content (AvgIpc) is 3.41. The van der Waals surface area contributed by atoms with E-state index in [4.69, 9.17) is 33.0 Å². The zero-order valence-electron chi connectivity index (χ0n) is 24.8. The highest BCUT2D eigenvalue weighted by Gasteiger charge is 2.54. The Hall–Kier alpha value is -4.11. The lowest BCUT2D eigenvalue weighted by Gasteiger charge is -2.49. The Morgan fingerprint density at radius 1 is 1.31 bits per heavy atom. The third-order valence-electron chi connectivity index (χ3n) is 5.86. The molecule has 0 radical (unpaired) electrons. The maximum absolute atomic E-state index is 13.3. The molecule has 3 amide bonds. The molecule has 0 bridgehead atoms. The van der Waals surface area contributed by atoms with Gasteiger partial charge in [0, 0.05) is 44.7 Å². The number of hydrogen-bond acceptors (Lipinski definition) is 15. The van der Waals surface area contributed by atoms with Crippen LogP contribution >= 0.6 is 23.1 Å². The molecular formula is C25H31N7O10S3. The number of carbonyl (C=O) groups is 4. The highest BCUT2D eigenvalue weighted by atomic mass is 32.2. The Morgan fingerprint density at radius 3 is 2.58 bits per heavy atom. The fourth-order valence-corrected chi connectivity index (χ4v) is 5.92. The summed E-state index contributed by atoms with van der Waals surface area (Å²) in [6.07, 6.45) is 3.82. The van der Waals surface area contributed by atoms with Gasteiger partial charge in [0.15, 0.2) is 23.2 Å². The second kappa shape index (κ2) is 15.3. The molecule has 2 aliphatic rings. The van der Waals surface area contributed by atoms with E-state index in [-0.39, 0.29) is 41.5 Å². The van der Waals surface area contributed by atoms with Crippen molar-refractivity contribution in [3.05, 3.63) is 52.4 Å². The first kappa shape index (κ1) is 35.4. The van der Waals surface area contributed by atoms with Gasteiger partial charge in [-0.25, -0.2) is 18.2 Å². The summed E-state index contributed by atoms with van der Waals surface area (Å²) in [7, 11) is 2.13. The first-order valence-electron chi connectivity index (χ1n) is 12.7. The van der Waals surface area contributed by atoms with Crippen LogP contribution in [0, 0.1) is 0 Å². The van der Waals surface area contributed by atoms with Gasteiger partial charge in [0.1, 0.15) is 35.5 Å². The number of hydrogen-bond donors (Lipinski definition) is 2. The van der Waals surface area contributed by atoms with Gasteiger partial charge in [-0.2, -0.15) is 4.57 Å². The van der Waals surface area contributed by atoms with Gasteiger partial charge in [-0.3, -0.25) is 19.3 Å². The number of oxime groups is 1. The highest BCUT2D eigenvalue weighted by Crippen LogP contribution is 2.40. The Labute approximate surface area is 266 Å². The van der Waals surface area contributed by atoms with E-state index in [2.05, 4.69) is 15.5 Å². The number of nitrogens with one attached hydrogen (secondary N) is 1. The fourth-order valence-electron chi connectivity index (χ4n) is 4.05. The highest BCUT2D eigenvalue weighted by molar-refractivity contribution is 8.00. The van der Waals surface area contributed by atoms with Gasteiger partial charge >= 0.3 is 5.97 Å². The molecule has 2 aliphatic heterocycles. The molecule has 0 unspecified atom stereocenters. The van der Waals surface area contributed by atoms with Crippen LogP contribution in [-0.4, -0.2) is 116 Å². The molecule has 2 aromatic heterocycles. The first-order valence-corrected chi connectivity index (χ1v) is 16.5. The number of aromatic nitrogens is 2. The van der Waals surface area contributed by atoms with Crippen LogP contribution in [0.2, 0.25) is 0 Å². The van der Waals surface area contributed by atoms with E-state index in [1.807, 2.05) is 0 Å². The summed E-state index contributed by atoms with van der Waals surface area (Å²) in [5.74, 6) is -1.72. The minimum atomic E-state index is -3.92. The number of nitrogens with zero attached hydrogens (tertiary/aromatic N) is 5. The van der Waals surface area contributed by atoms with Crippen LogP contribution in [0.25, 0.3) is 0 Å². The summed E-state index contributed by atoms with van der Waals surface area (Å²) in [6, 6.07) is 2.40. The molecule has 0 aliphatic carbocycles. The van der Waals surface area contributed by atoms with Gasteiger partial charge < -0.3 is 34.8 Å².